The Morgan fingerprint density at radius 2 is 2.09 bits per heavy atom. The second-order valence-corrected chi connectivity index (χ2v) is 7.95. The van der Waals surface area contributed by atoms with Gasteiger partial charge in [0.15, 0.2) is 0 Å². The third-order valence-electron chi connectivity index (χ3n) is 5.46. The van der Waals surface area contributed by atoms with Crippen molar-refractivity contribution in [3.63, 3.8) is 0 Å². The molecule has 0 saturated heterocycles. The van der Waals surface area contributed by atoms with Crippen molar-refractivity contribution in [3.8, 4) is 11.1 Å². The first-order valence-electron chi connectivity index (χ1n) is 10.4. The summed E-state index contributed by atoms with van der Waals surface area (Å²) in [4.78, 5) is 20.6. The Kier molecular flexibility index (Phi) is 6.06. The summed E-state index contributed by atoms with van der Waals surface area (Å²) in [7, 11) is 3.38. The molecule has 4 rings (SSSR count). The maximum Gasteiger partial charge on any atom is 0.252 e. The number of nitrogens with two attached hydrogens (primary N) is 1. The van der Waals surface area contributed by atoms with Crippen LogP contribution in [0, 0.1) is 12.9 Å². The highest BCUT2D eigenvalue weighted by atomic mass is 19.1. The number of amides is 1. The van der Waals surface area contributed by atoms with Crippen LogP contribution in [0.3, 0.4) is 0 Å². The Labute approximate surface area is 190 Å². The van der Waals surface area contributed by atoms with Gasteiger partial charge in [0.1, 0.15) is 0 Å². The number of methoxy groups -OCH3 is 1. The highest BCUT2D eigenvalue weighted by Crippen LogP contribution is 2.33. The molecule has 0 aliphatic heterocycles. The Balaban J connectivity index is 1.83. The van der Waals surface area contributed by atoms with Crippen LogP contribution in [-0.2, 0) is 18.4 Å². The van der Waals surface area contributed by atoms with Gasteiger partial charge in [-0.1, -0.05) is 6.07 Å². The lowest BCUT2D eigenvalue weighted by molar-refractivity contribution is 0.100. The molecule has 0 fully saturated rings. The normalized spacial score (nSPS) is 12.2. The topological polar surface area (TPSA) is 108 Å². The molecule has 1 atom stereocenters. The van der Waals surface area contributed by atoms with Gasteiger partial charge in [0.05, 0.1) is 40.8 Å². The third kappa shape index (κ3) is 4.40. The highest BCUT2D eigenvalue weighted by molar-refractivity contribution is 6.07. The van der Waals surface area contributed by atoms with Crippen LogP contribution >= 0.6 is 0 Å². The molecule has 1 unspecified atom stereocenters. The van der Waals surface area contributed by atoms with E-state index in [2.05, 4.69) is 20.4 Å². The molecular formula is C24H25FN6O2. The number of hydrogen-bond acceptors (Lipinski definition) is 6. The van der Waals surface area contributed by atoms with E-state index < -0.39 is 11.9 Å². The molecule has 0 aliphatic rings. The molecule has 8 nitrogen and oxygen atoms in total. The van der Waals surface area contributed by atoms with Crippen molar-refractivity contribution in [1.29, 1.82) is 0 Å². The Morgan fingerprint density at radius 3 is 2.73 bits per heavy atom. The number of hydrogen-bond donors (Lipinski definition) is 2. The predicted octanol–water partition coefficient (Wildman–Crippen LogP) is 3.90. The summed E-state index contributed by atoms with van der Waals surface area (Å²) in [6.07, 6.45) is 3.38. The second kappa shape index (κ2) is 8.95. The molecule has 0 aliphatic carbocycles. The minimum atomic E-state index is -0.612. The van der Waals surface area contributed by atoms with Crippen LogP contribution in [0.25, 0.3) is 22.0 Å². The summed E-state index contributed by atoms with van der Waals surface area (Å²) in [5.41, 5.74) is 10.4. The largest absolute Gasteiger partial charge is 0.378 e. The summed E-state index contributed by atoms with van der Waals surface area (Å²) in [5.74, 6) is -1.21. The maximum absolute atomic E-state index is 14.8. The number of carbonyl (C=O) groups is 1. The number of fused-ring (bicyclic) bond motifs is 1. The Bertz CT molecular complexity index is 1350. The predicted molar refractivity (Wildman–Crippen MR) is 124 cm³/mol. The van der Waals surface area contributed by atoms with Crippen LogP contribution in [0.2, 0.25) is 0 Å². The van der Waals surface area contributed by atoms with Crippen LogP contribution < -0.4 is 11.1 Å². The monoisotopic (exact) mass is 448 g/mol. The first-order chi connectivity index (χ1) is 15.8. The van der Waals surface area contributed by atoms with Crippen molar-refractivity contribution >= 4 is 22.5 Å². The number of benzene rings is 1. The maximum atomic E-state index is 14.8. The minimum absolute atomic E-state index is 0.217. The fourth-order valence-electron chi connectivity index (χ4n) is 3.95. The standard InChI is InChI=1S/C24H25FN6O2/c1-13-11-31(3)30-21(13)14(2)28-22-18-9-15(5-8-20(18)27-10-19(22)24(26)32)17-7-6-16(12-33-4)29-23(17)25/h5-11,14H,12H2,1-4H3,(H2,26,32)(H,27,28). The second-order valence-electron chi connectivity index (χ2n) is 7.95. The molecule has 3 N–H and O–H groups in total. The van der Waals surface area contributed by atoms with Crippen molar-refractivity contribution in [2.75, 3.05) is 12.4 Å². The van der Waals surface area contributed by atoms with Crippen LogP contribution in [0.15, 0.2) is 42.7 Å². The smallest absolute Gasteiger partial charge is 0.252 e. The molecule has 33 heavy (non-hydrogen) atoms. The molecule has 1 aromatic carbocycles. The third-order valence-corrected chi connectivity index (χ3v) is 5.46. The Morgan fingerprint density at radius 1 is 1.30 bits per heavy atom. The number of nitrogens with one attached hydrogen (secondary N) is 1. The SMILES string of the molecule is COCc1ccc(-c2ccc3ncc(C(N)=O)c(NC(C)c4nn(C)cc4C)c3c2)c(F)n1. The molecule has 0 spiro atoms. The first-order valence-corrected chi connectivity index (χ1v) is 10.4. The van der Waals surface area contributed by atoms with E-state index in [1.165, 1.54) is 13.3 Å². The van der Waals surface area contributed by atoms with Gasteiger partial charge >= 0.3 is 0 Å². The lowest BCUT2D eigenvalue weighted by atomic mass is 10.0. The summed E-state index contributed by atoms with van der Waals surface area (Å²) in [5, 5.41) is 8.54. The Hall–Kier alpha value is -3.85. The lowest BCUT2D eigenvalue weighted by Gasteiger charge is -2.19. The summed E-state index contributed by atoms with van der Waals surface area (Å²) >= 11 is 0. The van der Waals surface area contributed by atoms with Crippen LogP contribution in [0.1, 0.15) is 40.3 Å². The van der Waals surface area contributed by atoms with Crippen molar-refractivity contribution < 1.29 is 13.9 Å². The number of ether oxygens (including phenoxy) is 1. The van der Waals surface area contributed by atoms with E-state index in [0.717, 1.165) is 11.3 Å². The van der Waals surface area contributed by atoms with E-state index in [1.807, 2.05) is 27.1 Å². The van der Waals surface area contributed by atoms with Crippen molar-refractivity contribution in [2.24, 2.45) is 12.8 Å². The van der Waals surface area contributed by atoms with Gasteiger partial charge in [-0.05, 0) is 49.2 Å². The molecule has 0 radical (unpaired) electrons. The fourth-order valence-corrected chi connectivity index (χ4v) is 3.95. The van der Waals surface area contributed by atoms with Gasteiger partial charge in [-0.3, -0.25) is 14.5 Å². The van der Waals surface area contributed by atoms with Gasteiger partial charge in [0.2, 0.25) is 5.95 Å². The molecule has 1 amide bonds. The number of carbonyl (C=O) groups excluding carboxylic acids is 1. The number of aryl methyl sites for hydroxylation is 2. The number of halogens is 1. The number of rotatable bonds is 7. The lowest BCUT2D eigenvalue weighted by Crippen LogP contribution is -2.17. The average Bonchev–Trinajstić information content (AvgIpc) is 3.12. The van der Waals surface area contributed by atoms with Crippen LogP contribution in [0.4, 0.5) is 10.1 Å². The zero-order chi connectivity index (χ0) is 23.7. The van der Waals surface area contributed by atoms with E-state index in [-0.39, 0.29) is 18.2 Å². The fraction of sp³-hybridized carbons (Fsp3) is 0.250. The number of anilines is 1. The number of aromatic nitrogens is 4. The number of pyridine rings is 2. The van der Waals surface area contributed by atoms with Crippen molar-refractivity contribution in [1.82, 2.24) is 19.7 Å². The van der Waals surface area contributed by atoms with E-state index in [1.54, 1.807) is 35.0 Å². The van der Waals surface area contributed by atoms with Gasteiger partial charge in [0, 0.05) is 37.5 Å². The molecule has 3 heterocycles. The van der Waals surface area contributed by atoms with Gasteiger partial charge in [-0.15, -0.1) is 0 Å². The molecule has 0 saturated carbocycles. The van der Waals surface area contributed by atoms with Gasteiger partial charge < -0.3 is 15.8 Å². The van der Waals surface area contributed by atoms with Crippen LogP contribution in [-0.4, -0.2) is 32.8 Å². The summed E-state index contributed by atoms with van der Waals surface area (Å²) in [6, 6.07) is 8.49. The van der Waals surface area contributed by atoms with Gasteiger partial charge in [0.25, 0.3) is 5.91 Å². The zero-order valence-corrected chi connectivity index (χ0v) is 18.9. The first kappa shape index (κ1) is 22.3. The number of nitrogens with zero attached hydrogens (tertiary/aromatic N) is 4. The molecule has 3 aromatic heterocycles. The van der Waals surface area contributed by atoms with Gasteiger partial charge in [-0.2, -0.15) is 9.49 Å². The average molecular weight is 449 g/mol. The highest BCUT2D eigenvalue weighted by Gasteiger charge is 2.19. The molecule has 4 aromatic rings. The summed E-state index contributed by atoms with van der Waals surface area (Å²) in [6.45, 7) is 4.15. The minimum Gasteiger partial charge on any atom is -0.378 e. The van der Waals surface area contributed by atoms with Gasteiger partial charge in [-0.25, -0.2) is 4.98 Å². The summed E-state index contributed by atoms with van der Waals surface area (Å²) < 4.78 is 21.5. The van der Waals surface area contributed by atoms with E-state index in [9.17, 15) is 9.18 Å². The van der Waals surface area contributed by atoms with E-state index >= 15 is 0 Å². The molecule has 170 valence electrons. The quantitative estimate of drug-likeness (QED) is 0.415. The number of primary amides is 1. The van der Waals surface area contributed by atoms with Crippen molar-refractivity contribution in [2.45, 2.75) is 26.5 Å². The van der Waals surface area contributed by atoms with Crippen LogP contribution in [0.5, 0.6) is 0 Å². The zero-order valence-electron chi connectivity index (χ0n) is 18.9. The van der Waals surface area contributed by atoms with Crippen molar-refractivity contribution in [3.05, 3.63) is 71.2 Å². The van der Waals surface area contributed by atoms with E-state index in [0.29, 0.717) is 33.4 Å². The molecular weight excluding hydrogens is 423 g/mol. The molecule has 9 heteroatoms. The van der Waals surface area contributed by atoms with E-state index in [4.69, 9.17) is 10.5 Å². The molecule has 0 bridgehead atoms.